The zero-order valence-corrected chi connectivity index (χ0v) is 14.9. The van der Waals surface area contributed by atoms with E-state index in [1.165, 1.54) is 0 Å². The molecule has 0 bridgehead atoms. The summed E-state index contributed by atoms with van der Waals surface area (Å²) in [5.74, 6) is 0.784. The van der Waals surface area contributed by atoms with E-state index in [1.54, 1.807) is 0 Å². The Kier molecular flexibility index (Phi) is 6.22. The Bertz CT molecular complexity index is 537. The first kappa shape index (κ1) is 18.0. The third kappa shape index (κ3) is 4.56. The zero-order chi connectivity index (χ0) is 17.0. The summed E-state index contributed by atoms with van der Waals surface area (Å²) in [7, 11) is 0. The predicted octanol–water partition coefficient (Wildman–Crippen LogP) is 2.37. The smallest absolute Gasteiger partial charge is 0.224 e. The van der Waals surface area contributed by atoms with Gasteiger partial charge >= 0.3 is 0 Å². The number of aromatic nitrogens is 2. The van der Waals surface area contributed by atoms with Gasteiger partial charge in [0.05, 0.1) is 12.1 Å². The average Bonchev–Trinajstić information content (AvgIpc) is 2.74. The van der Waals surface area contributed by atoms with Gasteiger partial charge in [-0.15, -0.1) is 0 Å². The van der Waals surface area contributed by atoms with Crippen molar-refractivity contribution < 1.29 is 9.90 Å². The number of carbonyl (C=O) groups is 1. The molecular formula is C18H31N3O2. The maximum absolute atomic E-state index is 12.4. The Morgan fingerprint density at radius 1 is 1.35 bits per heavy atom. The first-order valence-corrected chi connectivity index (χ1v) is 8.85. The lowest BCUT2D eigenvalue weighted by molar-refractivity contribution is -0.121. The molecule has 1 amide bonds. The number of aryl methyl sites for hydroxylation is 1. The van der Waals surface area contributed by atoms with Crippen molar-refractivity contribution in [1.82, 2.24) is 15.1 Å². The average molecular weight is 321 g/mol. The third-order valence-electron chi connectivity index (χ3n) is 4.90. The highest BCUT2D eigenvalue weighted by molar-refractivity contribution is 5.79. The van der Waals surface area contributed by atoms with Crippen LogP contribution in [0.3, 0.4) is 0 Å². The minimum Gasteiger partial charge on any atom is -0.396 e. The van der Waals surface area contributed by atoms with E-state index < -0.39 is 0 Å². The second kappa shape index (κ2) is 7.95. The largest absolute Gasteiger partial charge is 0.396 e. The van der Waals surface area contributed by atoms with Crippen molar-refractivity contribution in [3.05, 3.63) is 17.0 Å². The molecule has 1 aromatic rings. The molecule has 0 saturated heterocycles. The van der Waals surface area contributed by atoms with Crippen LogP contribution in [0.25, 0.3) is 0 Å². The number of hydrogen-bond donors (Lipinski definition) is 2. The van der Waals surface area contributed by atoms with Gasteiger partial charge in [-0.25, -0.2) is 0 Å². The van der Waals surface area contributed by atoms with Crippen LogP contribution in [0.1, 0.15) is 56.5 Å². The van der Waals surface area contributed by atoms with Crippen molar-refractivity contribution in [1.29, 1.82) is 0 Å². The van der Waals surface area contributed by atoms with Crippen molar-refractivity contribution in [3.8, 4) is 0 Å². The minimum absolute atomic E-state index is 0.0469. The van der Waals surface area contributed by atoms with Gasteiger partial charge in [0.15, 0.2) is 0 Å². The van der Waals surface area contributed by atoms with Crippen LogP contribution in [0.4, 0.5) is 0 Å². The SMILES string of the molecule is Cc1nn(CC(C)C)c(C)c1CC(=O)NC1CCCCC1CO. The molecule has 23 heavy (non-hydrogen) atoms. The molecule has 1 aromatic heterocycles. The normalized spacial score (nSPS) is 21.7. The van der Waals surface area contributed by atoms with Crippen LogP contribution < -0.4 is 5.32 Å². The molecule has 1 fully saturated rings. The van der Waals surface area contributed by atoms with Gasteiger partial charge in [-0.2, -0.15) is 5.10 Å². The fourth-order valence-corrected chi connectivity index (χ4v) is 3.55. The van der Waals surface area contributed by atoms with Crippen LogP contribution in [-0.4, -0.2) is 33.4 Å². The van der Waals surface area contributed by atoms with Gasteiger partial charge in [-0.3, -0.25) is 9.48 Å². The van der Waals surface area contributed by atoms with Crippen LogP contribution in [-0.2, 0) is 17.8 Å². The summed E-state index contributed by atoms with van der Waals surface area (Å²) < 4.78 is 2.01. The first-order chi connectivity index (χ1) is 10.9. The Morgan fingerprint density at radius 3 is 2.70 bits per heavy atom. The topological polar surface area (TPSA) is 67.2 Å². The number of nitrogens with zero attached hydrogens (tertiary/aromatic N) is 2. The quantitative estimate of drug-likeness (QED) is 0.845. The lowest BCUT2D eigenvalue weighted by Gasteiger charge is -2.30. The third-order valence-corrected chi connectivity index (χ3v) is 4.90. The standard InChI is InChI=1S/C18H31N3O2/c1-12(2)10-21-14(4)16(13(3)20-21)9-18(23)19-17-8-6-5-7-15(17)11-22/h12,15,17,22H,5-11H2,1-4H3,(H,19,23). The number of carbonyl (C=O) groups excluding carboxylic acids is 1. The summed E-state index contributed by atoms with van der Waals surface area (Å²) >= 11 is 0. The molecule has 1 aliphatic carbocycles. The number of nitrogens with one attached hydrogen (secondary N) is 1. The monoisotopic (exact) mass is 321 g/mol. The highest BCUT2D eigenvalue weighted by atomic mass is 16.3. The summed E-state index contributed by atoms with van der Waals surface area (Å²) in [4.78, 5) is 12.4. The fraction of sp³-hybridized carbons (Fsp3) is 0.778. The molecule has 0 aromatic carbocycles. The molecule has 0 radical (unpaired) electrons. The fourth-order valence-electron chi connectivity index (χ4n) is 3.55. The summed E-state index contributed by atoms with van der Waals surface area (Å²) in [5, 5.41) is 17.2. The molecule has 2 atom stereocenters. The molecule has 2 rings (SSSR count). The van der Waals surface area contributed by atoms with Crippen LogP contribution in [0.15, 0.2) is 0 Å². The molecule has 1 heterocycles. The summed E-state index contributed by atoms with van der Waals surface area (Å²) in [6, 6.07) is 0.118. The minimum atomic E-state index is 0.0469. The summed E-state index contributed by atoms with van der Waals surface area (Å²) in [5.41, 5.74) is 3.08. The van der Waals surface area contributed by atoms with Gasteiger partial charge in [0.1, 0.15) is 0 Å². The van der Waals surface area contributed by atoms with E-state index in [4.69, 9.17) is 0 Å². The molecule has 0 aliphatic heterocycles. The predicted molar refractivity (Wildman–Crippen MR) is 91.2 cm³/mol. The molecule has 1 saturated carbocycles. The van der Waals surface area contributed by atoms with E-state index >= 15 is 0 Å². The molecule has 5 nitrogen and oxygen atoms in total. The second-order valence-corrected chi connectivity index (χ2v) is 7.30. The summed E-state index contributed by atoms with van der Waals surface area (Å²) in [6.07, 6.45) is 4.64. The van der Waals surface area contributed by atoms with Crippen molar-refractivity contribution in [2.75, 3.05) is 6.61 Å². The lowest BCUT2D eigenvalue weighted by Crippen LogP contribution is -2.44. The Labute approximate surface area is 139 Å². The van der Waals surface area contributed by atoms with Crippen molar-refractivity contribution in [2.24, 2.45) is 11.8 Å². The van der Waals surface area contributed by atoms with Crippen LogP contribution in [0.2, 0.25) is 0 Å². The number of rotatable bonds is 6. The van der Waals surface area contributed by atoms with Crippen molar-refractivity contribution in [3.63, 3.8) is 0 Å². The van der Waals surface area contributed by atoms with Crippen LogP contribution in [0, 0.1) is 25.7 Å². The van der Waals surface area contributed by atoms with E-state index in [-0.39, 0.29) is 24.5 Å². The number of aliphatic hydroxyl groups excluding tert-OH is 1. The number of hydrogen-bond acceptors (Lipinski definition) is 3. The zero-order valence-electron chi connectivity index (χ0n) is 14.9. The maximum atomic E-state index is 12.4. The molecule has 0 spiro atoms. The molecule has 1 aliphatic rings. The van der Waals surface area contributed by atoms with Gasteiger partial charge in [0.25, 0.3) is 0 Å². The Balaban J connectivity index is 2.01. The van der Waals surface area contributed by atoms with Crippen LogP contribution in [0.5, 0.6) is 0 Å². The highest BCUT2D eigenvalue weighted by Crippen LogP contribution is 2.24. The van der Waals surface area contributed by atoms with E-state index in [2.05, 4.69) is 24.3 Å². The molecule has 2 N–H and O–H groups in total. The molecule has 2 unspecified atom stereocenters. The first-order valence-electron chi connectivity index (χ1n) is 8.85. The van der Waals surface area contributed by atoms with Gasteiger partial charge in [0.2, 0.25) is 5.91 Å². The second-order valence-electron chi connectivity index (χ2n) is 7.30. The van der Waals surface area contributed by atoms with E-state index in [0.717, 1.165) is 49.2 Å². The summed E-state index contributed by atoms with van der Waals surface area (Å²) in [6.45, 7) is 9.40. The molecule has 130 valence electrons. The Hall–Kier alpha value is -1.36. The number of amides is 1. The van der Waals surface area contributed by atoms with Gasteiger partial charge < -0.3 is 10.4 Å². The maximum Gasteiger partial charge on any atom is 0.224 e. The van der Waals surface area contributed by atoms with Gasteiger partial charge in [0, 0.05) is 36.4 Å². The molecular weight excluding hydrogens is 290 g/mol. The number of aliphatic hydroxyl groups is 1. The van der Waals surface area contributed by atoms with Gasteiger partial charge in [-0.1, -0.05) is 26.7 Å². The van der Waals surface area contributed by atoms with Gasteiger partial charge in [-0.05, 0) is 32.6 Å². The molecule has 5 heteroatoms. The van der Waals surface area contributed by atoms with E-state index in [1.807, 2.05) is 18.5 Å². The highest BCUT2D eigenvalue weighted by Gasteiger charge is 2.26. The van der Waals surface area contributed by atoms with Crippen molar-refractivity contribution in [2.45, 2.75) is 72.4 Å². The Morgan fingerprint density at radius 2 is 2.04 bits per heavy atom. The lowest BCUT2D eigenvalue weighted by atomic mass is 9.85. The van der Waals surface area contributed by atoms with E-state index in [9.17, 15) is 9.90 Å². The van der Waals surface area contributed by atoms with Crippen molar-refractivity contribution >= 4 is 5.91 Å². The van der Waals surface area contributed by atoms with Crippen LogP contribution >= 0.6 is 0 Å². The van der Waals surface area contributed by atoms with E-state index in [0.29, 0.717) is 12.3 Å².